The molecule has 0 aliphatic carbocycles. The van der Waals surface area contributed by atoms with E-state index in [4.69, 9.17) is 0 Å². The lowest BCUT2D eigenvalue weighted by Crippen LogP contribution is -2.28. The van der Waals surface area contributed by atoms with Crippen molar-refractivity contribution in [2.45, 2.75) is 13.3 Å². The molecule has 0 spiro atoms. The predicted molar refractivity (Wildman–Crippen MR) is 62.6 cm³/mol. The van der Waals surface area contributed by atoms with Gasteiger partial charge in [0.05, 0.1) is 17.0 Å². The fourth-order valence-corrected chi connectivity index (χ4v) is 1.90. The first-order chi connectivity index (χ1) is 8.08. The highest BCUT2D eigenvalue weighted by Gasteiger charge is 2.26. The maximum Gasteiger partial charge on any atom is 0.265 e. The minimum Gasteiger partial charge on any atom is -0.342 e. The second-order valence-electron chi connectivity index (χ2n) is 4.17. The number of nitro groups is 1. The summed E-state index contributed by atoms with van der Waals surface area (Å²) >= 11 is 0. The molecule has 4 nitrogen and oxygen atoms in total. The van der Waals surface area contributed by atoms with Crippen molar-refractivity contribution >= 4 is 5.69 Å². The molecular weight excluding hydrogens is 223 g/mol. The summed E-state index contributed by atoms with van der Waals surface area (Å²) in [6.07, 6.45) is 2.27. The number of nitrogens with zero attached hydrogens (tertiary/aromatic N) is 2. The van der Waals surface area contributed by atoms with E-state index >= 15 is 0 Å². The molecule has 0 unspecified atom stereocenters. The van der Waals surface area contributed by atoms with Crippen molar-refractivity contribution in [3.63, 3.8) is 0 Å². The zero-order valence-corrected chi connectivity index (χ0v) is 9.47. The highest BCUT2D eigenvalue weighted by atomic mass is 19.1. The number of hydrogen-bond acceptors (Lipinski definition) is 3. The van der Waals surface area contributed by atoms with E-state index in [2.05, 4.69) is 0 Å². The Labute approximate surface area is 98.5 Å². The zero-order valence-electron chi connectivity index (χ0n) is 9.47. The summed E-state index contributed by atoms with van der Waals surface area (Å²) in [5.41, 5.74) is 0.984. The average molecular weight is 236 g/mol. The van der Waals surface area contributed by atoms with E-state index in [1.165, 1.54) is 12.1 Å². The Hall–Kier alpha value is -1.91. The van der Waals surface area contributed by atoms with Crippen molar-refractivity contribution in [3.05, 3.63) is 52.1 Å². The standard InChI is InChI=1S/C12H13FN2O2/c1-9-6-7-14(8-12(9)15(16)17)11-4-2-10(13)3-5-11/h2-5,8-9H,6-7H2,1H3/t9-/m0/s1. The molecule has 1 aromatic rings. The first kappa shape index (κ1) is 11.6. The van der Waals surface area contributed by atoms with Crippen LogP contribution in [0.1, 0.15) is 13.3 Å². The molecule has 0 saturated heterocycles. The summed E-state index contributed by atoms with van der Waals surface area (Å²) in [5.74, 6) is -0.348. The molecule has 1 aliphatic heterocycles. The summed E-state index contributed by atoms with van der Waals surface area (Å²) in [7, 11) is 0. The van der Waals surface area contributed by atoms with Crippen LogP contribution in [-0.4, -0.2) is 11.5 Å². The molecule has 1 aliphatic rings. The van der Waals surface area contributed by atoms with Crippen LogP contribution in [0.4, 0.5) is 10.1 Å². The Morgan fingerprint density at radius 2 is 2.06 bits per heavy atom. The zero-order chi connectivity index (χ0) is 12.4. The first-order valence-corrected chi connectivity index (χ1v) is 5.46. The van der Waals surface area contributed by atoms with Gasteiger partial charge < -0.3 is 4.90 Å². The summed E-state index contributed by atoms with van der Waals surface area (Å²) < 4.78 is 12.8. The minimum atomic E-state index is -0.347. The molecule has 0 fully saturated rings. The number of rotatable bonds is 2. The van der Waals surface area contributed by atoms with E-state index in [0.717, 1.165) is 12.1 Å². The van der Waals surface area contributed by atoms with Gasteiger partial charge in [0.25, 0.3) is 5.70 Å². The van der Waals surface area contributed by atoms with Gasteiger partial charge in [0.15, 0.2) is 0 Å². The molecule has 1 heterocycles. The molecule has 1 atom stereocenters. The number of halogens is 1. The average Bonchev–Trinajstić information content (AvgIpc) is 2.30. The fraction of sp³-hybridized carbons (Fsp3) is 0.333. The van der Waals surface area contributed by atoms with Crippen LogP contribution < -0.4 is 4.90 Å². The van der Waals surface area contributed by atoms with Gasteiger partial charge in [-0.25, -0.2) is 4.39 Å². The SMILES string of the molecule is C[C@H]1CCN(c2ccc(F)cc2)C=C1[N+](=O)[O-]. The van der Waals surface area contributed by atoms with Crippen molar-refractivity contribution in [1.29, 1.82) is 0 Å². The Morgan fingerprint density at radius 1 is 1.41 bits per heavy atom. The number of hydrogen-bond donors (Lipinski definition) is 0. The number of benzene rings is 1. The van der Waals surface area contributed by atoms with Crippen molar-refractivity contribution in [2.75, 3.05) is 11.4 Å². The van der Waals surface area contributed by atoms with Gasteiger partial charge in [0, 0.05) is 12.2 Å². The van der Waals surface area contributed by atoms with Gasteiger partial charge in [0.2, 0.25) is 0 Å². The summed E-state index contributed by atoms with van der Waals surface area (Å²) in [4.78, 5) is 12.3. The Balaban J connectivity index is 2.28. The third kappa shape index (κ3) is 2.43. The van der Waals surface area contributed by atoms with E-state index < -0.39 is 0 Å². The van der Waals surface area contributed by atoms with Gasteiger partial charge in [-0.2, -0.15) is 0 Å². The molecule has 2 rings (SSSR count). The van der Waals surface area contributed by atoms with Gasteiger partial charge in [0.1, 0.15) is 5.82 Å². The molecule has 1 aromatic carbocycles. The van der Waals surface area contributed by atoms with E-state index in [-0.39, 0.29) is 22.4 Å². The van der Waals surface area contributed by atoms with Gasteiger partial charge in [-0.15, -0.1) is 0 Å². The topological polar surface area (TPSA) is 46.4 Å². The normalized spacial score (nSPS) is 20.0. The quantitative estimate of drug-likeness (QED) is 0.586. The van der Waals surface area contributed by atoms with Crippen LogP contribution in [0.15, 0.2) is 36.2 Å². The second-order valence-corrected chi connectivity index (χ2v) is 4.17. The number of allylic oxidation sites excluding steroid dienone is 1. The van der Waals surface area contributed by atoms with Crippen molar-refractivity contribution in [2.24, 2.45) is 5.92 Å². The van der Waals surface area contributed by atoms with E-state index in [1.807, 2.05) is 6.92 Å². The third-order valence-electron chi connectivity index (χ3n) is 2.97. The largest absolute Gasteiger partial charge is 0.342 e. The highest BCUT2D eigenvalue weighted by molar-refractivity contribution is 5.50. The van der Waals surface area contributed by atoms with Gasteiger partial charge in [-0.1, -0.05) is 6.92 Å². The molecule has 90 valence electrons. The molecule has 0 aromatic heterocycles. The molecule has 0 N–H and O–H groups in total. The molecular formula is C12H13FN2O2. The maximum absolute atomic E-state index is 12.8. The van der Waals surface area contributed by atoms with Crippen molar-refractivity contribution in [3.8, 4) is 0 Å². The van der Waals surface area contributed by atoms with Gasteiger partial charge >= 0.3 is 0 Å². The fourth-order valence-electron chi connectivity index (χ4n) is 1.90. The van der Waals surface area contributed by atoms with E-state index in [1.54, 1.807) is 23.2 Å². The van der Waals surface area contributed by atoms with Crippen LogP contribution in [0.2, 0.25) is 0 Å². The smallest absolute Gasteiger partial charge is 0.265 e. The number of anilines is 1. The predicted octanol–water partition coefficient (Wildman–Crippen LogP) is 2.79. The van der Waals surface area contributed by atoms with Crippen molar-refractivity contribution < 1.29 is 9.31 Å². The second kappa shape index (κ2) is 4.53. The monoisotopic (exact) mass is 236 g/mol. The van der Waals surface area contributed by atoms with Crippen LogP contribution in [0, 0.1) is 21.8 Å². The molecule has 17 heavy (non-hydrogen) atoms. The summed E-state index contributed by atoms with van der Waals surface area (Å²) in [6.45, 7) is 2.56. The third-order valence-corrected chi connectivity index (χ3v) is 2.97. The van der Waals surface area contributed by atoms with E-state index in [0.29, 0.717) is 6.54 Å². The summed E-state index contributed by atoms with van der Waals surface area (Å²) in [6, 6.07) is 5.96. The van der Waals surface area contributed by atoms with Crippen LogP contribution in [0.25, 0.3) is 0 Å². The van der Waals surface area contributed by atoms with E-state index in [9.17, 15) is 14.5 Å². The molecule has 5 heteroatoms. The van der Waals surface area contributed by atoms with Crippen LogP contribution >= 0.6 is 0 Å². The van der Waals surface area contributed by atoms with Gasteiger partial charge in [-0.05, 0) is 30.7 Å². The van der Waals surface area contributed by atoms with Crippen LogP contribution in [-0.2, 0) is 0 Å². The first-order valence-electron chi connectivity index (χ1n) is 5.46. The lowest BCUT2D eigenvalue weighted by molar-refractivity contribution is -0.434. The maximum atomic E-state index is 12.8. The van der Waals surface area contributed by atoms with Crippen LogP contribution in [0.5, 0.6) is 0 Å². The Morgan fingerprint density at radius 3 is 2.65 bits per heavy atom. The molecule has 0 amide bonds. The molecule has 0 bridgehead atoms. The Kier molecular flexibility index (Phi) is 3.08. The van der Waals surface area contributed by atoms with Crippen LogP contribution in [0.3, 0.4) is 0 Å². The molecule has 0 radical (unpaired) electrons. The Bertz CT molecular complexity index is 456. The van der Waals surface area contributed by atoms with Gasteiger partial charge in [-0.3, -0.25) is 10.1 Å². The minimum absolute atomic E-state index is 0.0401. The highest BCUT2D eigenvalue weighted by Crippen LogP contribution is 2.26. The van der Waals surface area contributed by atoms with Crippen molar-refractivity contribution in [1.82, 2.24) is 0 Å². The lowest BCUT2D eigenvalue weighted by Gasteiger charge is -2.26. The summed E-state index contributed by atoms with van der Waals surface area (Å²) in [5, 5.41) is 10.8. The molecule has 0 saturated carbocycles. The lowest BCUT2D eigenvalue weighted by atomic mass is 10.0.